The molecule has 25 heavy (non-hydrogen) atoms. The maximum Gasteiger partial charge on any atom is 0.323 e. The molecule has 0 saturated carbocycles. The second-order valence-corrected chi connectivity index (χ2v) is 6.58. The molecule has 0 aliphatic carbocycles. The van der Waals surface area contributed by atoms with Gasteiger partial charge in [-0.2, -0.15) is 0 Å². The van der Waals surface area contributed by atoms with Gasteiger partial charge in [0, 0.05) is 43.6 Å². The molecular weight excluding hydrogens is 316 g/mol. The van der Waals surface area contributed by atoms with Crippen molar-refractivity contribution in [2.75, 3.05) is 37.2 Å². The zero-order chi connectivity index (χ0) is 17.2. The Morgan fingerprint density at radius 1 is 1.24 bits per heavy atom. The maximum atomic E-state index is 12.6. The minimum atomic E-state index is -0.130. The van der Waals surface area contributed by atoms with E-state index >= 15 is 0 Å². The SMILES string of the molecule is Nc1ccc(-c2cccnc2)nc1NC(=O)N1CCN2CCCC2C1. The molecule has 4 rings (SSSR count). The van der Waals surface area contributed by atoms with E-state index in [1.54, 1.807) is 18.5 Å². The number of nitrogens with two attached hydrogens (primary N) is 1. The van der Waals surface area contributed by atoms with Crippen molar-refractivity contribution in [3.8, 4) is 11.3 Å². The summed E-state index contributed by atoms with van der Waals surface area (Å²) >= 11 is 0. The van der Waals surface area contributed by atoms with Crippen LogP contribution in [0.25, 0.3) is 11.3 Å². The van der Waals surface area contributed by atoms with Crippen LogP contribution in [-0.4, -0.2) is 58.0 Å². The van der Waals surface area contributed by atoms with Gasteiger partial charge in [0.15, 0.2) is 5.82 Å². The Morgan fingerprint density at radius 2 is 2.16 bits per heavy atom. The van der Waals surface area contributed by atoms with Gasteiger partial charge in [0.2, 0.25) is 0 Å². The van der Waals surface area contributed by atoms with Crippen LogP contribution in [-0.2, 0) is 0 Å². The van der Waals surface area contributed by atoms with Crippen molar-refractivity contribution in [3.05, 3.63) is 36.7 Å². The van der Waals surface area contributed by atoms with E-state index in [-0.39, 0.29) is 6.03 Å². The summed E-state index contributed by atoms with van der Waals surface area (Å²) in [5.74, 6) is 0.403. The first-order chi connectivity index (χ1) is 12.2. The van der Waals surface area contributed by atoms with Crippen LogP contribution < -0.4 is 11.1 Å². The molecule has 2 aliphatic heterocycles. The van der Waals surface area contributed by atoms with Gasteiger partial charge in [-0.1, -0.05) is 0 Å². The number of amides is 2. The summed E-state index contributed by atoms with van der Waals surface area (Å²) in [6, 6.07) is 7.74. The minimum absolute atomic E-state index is 0.130. The Bertz CT molecular complexity index is 765. The van der Waals surface area contributed by atoms with Crippen LogP contribution >= 0.6 is 0 Å². The molecule has 2 saturated heterocycles. The third-order valence-corrected chi connectivity index (χ3v) is 4.98. The fourth-order valence-electron chi connectivity index (χ4n) is 3.60. The van der Waals surface area contributed by atoms with Crippen molar-refractivity contribution in [3.63, 3.8) is 0 Å². The molecule has 1 unspecified atom stereocenters. The number of aromatic nitrogens is 2. The molecule has 2 aliphatic rings. The number of hydrogen-bond acceptors (Lipinski definition) is 5. The highest BCUT2D eigenvalue weighted by Gasteiger charge is 2.32. The standard InChI is InChI=1S/C18H22N6O/c19-15-5-6-16(13-3-1-7-20-11-13)21-17(15)22-18(25)24-10-9-23-8-2-4-14(23)12-24/h1,3,5-7,11,14H,2,4,8-10,12,19H2,(H,21,22,25). The van der Waals surface area contributed by atoms with Crippen LogP contribution in [0.3, 0.4) is 0 Å². The number of pyridine rings is 2. The van der Waals surface area contributed by atoms with Gasteiger partial charge < -0.3 is 10.6 Å². The highest BCUT2D eigenvalue weighted by Crippen LogP contribution is 2.25. The number of rotatable bonds is 2. The van der Waals surface area contributed by atoms with Gasteiger partial charge in [-0.15, -0.1) is 0 Å². The molecule has 0 bridgehead atoms. The summed E-state index contributed by atoms with van der Waals surface area (Å²) < 4.78 is 0. The lowest BCUT2D eigenvalue weighted by molar-refractivity contribution is 0.124. The summed E-state index contributed by atoms with van der Waals surface area (Å²) in [6.45, 7) is 3.61. The average Bonchev–Trinajstić information content (AvgIpc) is 3.12. The highest BCUT2D eigenvalue weighted by molar-refractivity contribution is 5.91. The summed E-state index contributed by atoms with van der Waals surface area (Å²) in [5.41, 5.74) is 8.09. The average molecular weight is 338 g/mol. The number of fused-ring (bicyclic) bond motifs is 1. The molecule has 0 spiro atoms. The summed E-state index contributed by atoms with van der Waals surface area (Å²) in [5, 5.41) is 2.88. The largest absolute Gasteiger partial charge is 0.396 e. The molecule has 3 N–H and O–H groups in total. The Morgan fingerprint density at radius 3 is 3.00 bits per heavy atom. The molecule has 130 valence electrons. The number of carbonyl (C=O) groups is 1. The molecule has 0 radical (unpaired) electrons. The van der Waals surface area contributed by atoms with Crippen LogP contribution in [0, 0.1) is 0 Å². The van der Waals surface area contributed by atoms with E-state index < -0.39 is 0 Å². The smallest absolute Gasteiger partial charge is 0.323 e. The van der Waals surface area contributed by atoms with Crippen LogP contribution in [0.5, 0.6) is 0 Å². The van der Waals surface area contributed by atoms with E-state index in [1.807, 2.05) is 23.1 Å². The Kier molecular flexibility index (Phi) is 4.23. The fourth-order valence-corrected chi connectivity index (χ4v) is 3.60. The van der Waals surface area contributed by atoms with Crippen LogP contribution in [0.1, 0.15) is 12.8 Å². The van der Waals surface area contributed by atoms with Gasteiger partial charge in [0.05, 0.1) is 11.4 Å². The summed E-state index contributed by atoms with van der Waals surface area (Å²) in [6.07, 6.45) is 5.85. The second kappa shape index (κ2) is 6.68. The number of anilines is 2. The van der Waals surface area contributed by atoms with Gasteiger partial charge in [-0.25, -0.2) is 9.78 Å². The van der Waals surface area contributed by atoms with Crippen molar-refractivity contribution >= 4 is 17.5 Å². The minimum Gasteiger partial charge on any atom is -0.396 e. The number of piperazine rings is 1. The van der Waals surface area contributed by atoms with Crippen molar-refractivity contribution in [1.29, 1.82) is 0 Å². The maximum absolute atomic E-state index is 12.6. The van der Waals surface area contributed by atoms with Crippen molar-refractivity contribution < 1.29 is 4.79 Å². The quantitative estimate of drug-likeness (QED) is 0.875. The molecule has 4 heterocycles. The third kappa shape index (κ3) is 3.28. The molecule has 7 nitrogen and oxygen atoms in total. The predicted octanol–water partition coefficient (Wildman–Crippen LogP) is 2.04. The van der Waals surface area contributed by atoms with E-state index in [0.29, 0.717) is 17.5 Å². The fraction of sp³-hybridized carbons (Fsp3) is 0.389. The lowest BCUT2D eigenvalue weighted by Crippen LogP contribution is -2.53. The van der Waals surface area contributed by atoms with Crippen molar-refractivity contribution in [2.45, 2.75) is 18.9 Å². The van der Waals surface area contributed by atoms with E-state index in [2.05, 4.69) is 20.2 Å². The molecule has 2 aromatic rings. The highest BCUT2D eigenvalue weighted by atomic mass is 16.2. The molecule has 2 aromatic heterocycles. The molecule has 1 atom stereocenters. The lowest BCUT2D eigenvalue weighted by Gasteiger charge is -2.37. The lowest BCUT2D eigenvalue weighted by atomic mass is 10.1. The van der Waals surface area contributed by atoms with Crippen LogP contribution in [0.15, 0.2) is 36.7 Å². The second-order valence-electron chi connectivity index (χ2n) is 6.58. The Balaban J connectivity index is 1.49. The van der Waals surface area contributed by atoms with Crippen LogP contribution in [0.2, 0.25) is 0 Å². The normalized spacial score (nSPS) is 20.3. The van der Waals surface area contributed by atoms with Gasteiger partial charge in [0.25, 0.3) is 0 Å². The summed E-state index contributed by atoms with van der Waals surface area (Å²) in [4.78, 5) is 25.6. The van der Waals surface area contributed by atoms with Crippen molar-refractivity contribution in [2.24, 2.45) is 0 Å². The molecule has 7 heteroatoms. The number of nitrogens with zero attached hydrogens (tertiary/aromatic N) is 4. The number of hydrogen-bond donors (Lipinski definition) is 2. The van der Waals surface area contributed by atoms with E-state index in [4.69, 9.17) is 5.73 Å². The van der Waals surface area contributed by atoms with Gasteiger partial charge >= 0.3 is 6.03 Å². The first-order valence-corrected chi connectivity index (χ1v) is 8.67. The van der Waals surface area contributed by atoms with E-state index in [9.17, 15) is 4.79 Å². The first-order valence-electron chi connectivity index (χ1n) is 8.67. The topological polar surface area (TPSA) is 87.4 Å². The molecule has 2 amide bonds. The van der Waals surface area contributed by atoms with Crippen LogP contribution in [0.4, 0.5) is 16.3 Å². The van der Waals surface area contributed by atoms with Gasteiger partial charge in [-0.05, 0) is 43.7 Å². The van der Waals surface area contributed by atoms with E-state index in [0.717, 1.165) is 37.4 Å². The molecular formula is C18H22N6O. The Hall–Kier alpha value is -2.67. The zero-order valence-electron chi connectivity index (χ0n) is 14.1. The zero-order valence-corrected chi connectivity index (χ0v) is 14.1. The van der Waals surface area contributed by atoms with E-state index in [1.165, 1.54) is 12.8 Å². The van der Waals surface area contributed by atoms with Gasteiger partial charge in [-0.3, -0.25) is 15.2 Å². The number of carbonyl (C=O) groups excluding carboxylic acids is 1. The third-order valence-electron chi connectivity index (χ3n) is 4.98. The number of nitrogens with one attached hydrogen (secondary N) is 1. The molecule has 2 fully saturated rings. The predicted molar refractivity (Wildman–Crippen MR) is 97.1 cm³/mol. The number of nitrogen functional groups attached to an aromatic ring is 1. The first kappa shape index (κ1) is 15.8. The monoisotopic (exact) mass is 338 g/mol. The molecule has 0 aromatic carbocycles. The Labute approximate surface area is 146 Å². The summed E-state index contributed by atoms with van der Waals surface area (Å²) in [7, 11) is 0. The van der Waals surface area contributed by atoms with Crippen molar-refractivity contribution in [1.82, 2.24) is 19.8 Å². The number of urea groups is 1. The van der Waals surface area contributed by atoms with Gasteiger partial charge in [0.1, 0.15) is 0 Å².